The molecule has 5 rings (SSSR count). The van der Waals surface area contributed by atoms with Crippen LogP contribution >= 0.6 is 11.6 Å². The number of carbonyl (C=O) groups is 2. The number of rotatable bonds is 7. The lowest BCUT2D eigenvalue weighted by molar-refractivity contribution is -0.306. The van der Waals surface area contributed by atoms with Gasteiger partial charge in [-0.1, -0.05) is 23.7 Å². The van der Waals surface area contributed by atoms with Gasteiger partial charge in [0.15, 0.2) is 0 Å². The summed E-state index contributed by atoms with van der Waals surface area (Å²) in [7, 11) is 0. The minimum absolute atomic E-state index is 0.162. The summed E-state index contributed by atoms with van der Waals surface area (Å²) >= 11 is 5.91. The highest BCUT2D eigenvalue weighted by Gasteiger charge is 2.50. The Balaban J connectivity index is 1.39. The number of aliphatic carboxylic acids is 1. The average molecular weight is 389 g/mol. The van der Waals surface area contributed by atoms with Gasteiger partial charge in [-0.05, 0) is 92.2 Å². The number of hydrogen-bond acceptors (Lipinski definition) is 3. The molecule has 1 aromatic carbocycles. The number of carboxylic acid groups (broad SMARTS) is 1. The second-order valence-electron chi connectivity index (χ2n) is 9.24. The molecule has 1 amide bonds. The molecule has 1 aromatic rings. The summed E-state index contributed by atoms with van der Waals surface area (Å²) in [5, 5.41) is 14.9. The van der Waals surface area contributed by atoms with Crippen molar-refractivity contribution in [3.63, 3.8) is 0 Å². The first-order valence-corrected chi connectivity index (χ1v) is 10.5. The van der Waals surface area contributed by atoms with E-state index in [1.165, 1.54) is 38.5 Å². The molecule has 27 heavy (non-hydrogen) atoms. The Labute approximate surface area is 165 Å². The molecule has 1 atom stereocenters. The number of carbonyl (C=O) groups excluding carboxylic acids is 2. The monoisotopic (exact) mass is 388 g/mol. The maximum atomic E-state index is 12.8. The SMILES string of the molecule is O=C([O-])C[C@H](Cc1ccc(Cl)cc1)C(=O)NCC12CC3CC(CC(C3)C1)C2. The van der Waals surface area contributed by atoms with E-state index in [2.05, 4.69) is 5.32 Å². The van der Waals surface area contributed by atoms with Gasteiger partial charge in [0.25, 0.3) is 0 Å². The number of nitrogens with one attached hydrogen (secondary N) is 1. The van der Waals surface area contributed by atoms with Gasteiger partial charge < -0.3 is 15.2 Å². The van der Waals surface area contributed by atoms with E-state index >= 15 is 0 Å². The van der Waals surface area contributed by atoms with Crippen LogP contribution in [0, 0.1) is 29.1 Å². The molecule has 4 bridgehead atoms. The second kappa shape index (κ2) is 7.46. The predicted molar refractivity (Wildman–Crippen MR) is 102 cm³/mol. The lowest BCUT2D eigenvalue weighted by Crippen LogP contribution is -2.52. The van der Waals surface area contributed by atoms with E-state index < -0.39 is 11.9 Å². The number of amides is 1. The fourth-order valence-corrected chi connectivity index (χ4v) is 6.42. The molecule has 0 aliphatic heterocycles. The largest absolute Gasteiger partial charge is 0.550 e. The normalized spacial score (nSPS) is 32.3. The van der Waals surface area contributed by atoms with Gasteiger partial charge >= 0.3 is 0 Å². The van der Waals surface area contributed by atoms with Crippen molar-refractivity contribution < 1.29 is 14.7 Å². The van der Waals surface area contributed by atoms with Crippen LogP contribution in [0.15, 0.2) is 24.3 Å². The lowest BCUT2D eigenvalue weighted by Gasteiger charge is -2.57. The van der Waals surface area contributed by atoms with Crippen LogP contribution in [0.2, 0.25) is 5.02 Å². The van der Waals surface area contributed by atoms with E-state index in [0.29, 0.717) is 18.0 Å². The van der Waals surface area contributed by atoms with E-state index in [0.717, 1.165) is 23.3 Å². The zero-order valence-corrected chi connectivity index (χ0v) is 16.3. The summed E-state index contributed by atoms with van der Waals surface area (Å²) in [6, 6.07) is 7.22. The molecule has 0 saturated heterocycles. The van der Waals surface area contributed by atoms with Crippen LogP contribution in [0.1, 0.15) is 50.5 Å². The highest BCUT2D eigenvalue weighted by atomic mass is 35.5. The Bertz CT molecular complexity index is 679. The highest BCUT2D eigenvalue weighted by Crippen LogP contribution is 2.59. The van der Waals surface area contributed by atoms with Crippen LogP contribution in [0.4, 0.5) is 0 Å². The first-order chi connectivity index (χ1) is 12.9. The molecule has 0 spiro atoms. The molecule has 0 heterocycles. The number of carboxylic acids is 1. The van der Waals surface area contributed by atoms with Gasteiger partial charge in [0, 0.05) is 23.5 Å². The van der Waals surface area contributed by atoms with Crippen molar-refractivity contribution in [1.29, 1.82) is 0 Å². The van der Waals surface area contributed by atoms with E-state index in [9.17, 15) is 14.7 Å². The van der Waals surface area contributed by atoms with Crippen molar-refractivity contribution in [3.05, 3.63) is 34.9 Å². The summed E-state index contributed by atoms with van der Waals surface area (Å²) in [4.78, 5) is 24.0. The fraction of sp³-hybridized carbons (Fsp3) is 0.636. The summed E-state index contributed by atoms with van der Waals surface area (Å²) < 4.78 is 0. The van der Waals surface area contributed by atoms with Crippen LogP contribution in [-0.2, 0) is 16.0 Å². The van der Waals surface area contributed by atoms with Gasteiger partial charge in [-0.2, -0.15) is 0 Å². The minimum Gasteiger partial charge on any atom is -0.550 e. The van der Waals surface area contributed by atoms with Crippen molar-refractivity contribution in [1.82, 2.24) is 5.32 Å². The summed E-state index contributed by atoms with van der Waals surface area (Å²) in [6.45, 7) is 0.694. The van der Waals surface area contributed by atoms with Crippen molar-refractivity contribution in [2.75, 3.05) is 6.54 Å². The standard InChI is InChI=1S/C22H28ClNO3/c23-19-3-1-14(2-4-19)8-18(9-20(25)26)21(27)24-13-22-10-15-5-16(11-22)7-17(6-15)12-22/h1-4,15-18H,5-13H2,(H,24,27)(H,25,26)/p-1/t15?,16?,17?,18-,22?/m0/s1. The van der Waals surface area contributed by atoms with Crippen LogP contribution in [0.5, 0.6) is 0 Å². The maximum absolute atomic E-state index is 12.8. The van der Waals surface area contributed by atoms with Crippen molar-refractivity contribution in [2.45, 2.75) is 51.4 Å². The molecule has 1 N–H and O–H groups in total. The Morgan fingerprint density at radius 2 is 1.63 bits per heavy atom. The molecular formula is C22H27ClNO3-. The van der Waals surface area contributed by atoms with Gasteiger partial charge in [0.05, 0.1) is 0 Å². The molecule has 4 saturated carbocycles. The molecule has 0 radical (unpaired) electrons. The van der Waals surface area contributed by atoms with E-state index in [-0.39, 0.29) is 17.7 Å². The third-order valence-electron chi connectivity index (χ3n) is 6.98. The number of hydrogen-bond donors (Lipinski definition) is 1. The second-order valence-corrected chi connectivity index (χ2v) is 9.68. The quantitative estimate of drug-likeness (QED) is 0.780. The smallest absolute Gasteiger partial charge is 0.223 e. The van der Waals surface area contributed by atoms with Gasteiger partial charge in [-0.15, -0.1) is 0 Å². The first kappa shape index (κ1) is 18.8. The first-order valence-electron chi connectivity index (χ1n) is 10.1. The highest BCUT2D eigenvalue weighted by molar-refractivity contribution is 6.30. The Hall–Kier alpha value is -1.55. The maximum Gasteiger partial charge on any atom is 0.223 e. The van der Waals surface area contributed by atoms with Gasteiger partial charge in [0.2, 0.25) is 5.91 Å². The molecule has 4 aliphatic rings. The summed E-state index contributed by atoms with van der Waals surface area (Å²) in [5.74, 6) is 0.553. The van der Waals surface area contributed by atoms with Crippen LogP contribution in [-0.4, -0.2) is 18.4 Å². The van der Waals surface area contributed by atoms with Gasteiger partial charge in [0.1, 0.15) is 0 Å². The van der Waals surface area contributed by atoms with Crippen molar-refractivity contribution >= 4 is 23.5 Å². The van der Waals surface area contributed by atoms with E-state index in [4.69, 9.17) is 11.6 Å². The number of benzene rings is 1. The Morgan fingerprint density at radius 3 is 2.15 bits per heavy atom. The third kappa shape index (κ3) is 4.31. The third-order valence-corrected chi connectivity index (χ3v) is 7.23. The molecule has 146 valence electrons. The molecule has 0 unspecified atom stereocenters. The molecule has 5 heteroatoms. The topological polar surface area (TPSA) is 69.2 Å². The Kier molecular flexibility index (Phi) is 5.19. The molecular weight excluding hydrogens is 362 g/mol. The summed E-state index contributed by atoms with van der Waals surface area (Å²) in [5.41, 5.74) is 1.16. The van der Waals surface area contributed by atoms with Crippen LogP contribution < -0.4 is 10.4 Å². The fourth-order valence-electron chi connectivity index (χ4n) is 6.29. The van der Waals surface area contributed by atoms with Crippen LogP contribution in [0.25, 0.3) is 0 Å². The average Bonchev–Trinajstić information content (AvgIpc) is 2.59. The van der Waals surface area contributed by atoms with Gasteiger partial charge in [-0.25, -0.2) is 0 Å². The van der Waals surface area contributed by atoms with E-state index in [1.807, 2.05) is 12.1 Å². The molecule has 0 aromatic heterocycles. The van der Waals surface area contributed by atoms with Crippen molar-refractivity contribution in [2.24, 2.45) is 29.1 Å². The van der Waals surface area contributed by atoms with E-state index in [1.54, 1.807) is 12.1 Å². The zero-order valence-electron chi connectivity index (χ0n) is 15.6. The number of halogens is 1. The van der Waals surface area contributed by atoms with Crippen LogP contribution in [0.3, 0.4) is 0 Å². The molecule has 4 aliphatic carbocycles. The van der Waals surface area contributed by atoms with Gasteiger partial charge in [-0.3, -0.25) is 4.79 Å². The Morgan fingerprint density at radius 1 is 1.07 bits per heavy atom. The molecule has 4 nitrogen and oxygen atoms in total. The zero-order chi connectivity index (χ0) is 19.0. The van der Waals surface area contributed by atoms with Crippen molar-refractivity contribution in [3.8, 4) is 0 Å². The predicted octanol–water partition coefficient (Wildman–Crippen LogP) is 2.97. The summed E-state index contributed by atoms with van der Waals surface area (Å²) in [6.07, 6.45) is 7.92. The minimum atomic E-state index is -1.18. The molecule has 4 fully saturated rings. The lowest BCUT2D eigenvalue weighted by atomic mass is 9.49.